The van der Waals surface area contributed by atoms with Gasteiger partial charge in [0, 0.05) is 0 Å². The van der Waals surface area contributed by atoms with E-state index in [1.54, 1.807) is 67.6 Å². The van der Waals surface area contributed by atoms with E-state index in [2.05, 4.69) is 0 Å². The van der Waals surface area contributed by atoms with Gasteiger partial charge in [-0.3, -0.25) is 0 Å². The van der Waals surface area contributed by atoms with Gasteiger partial charge in [0.05, 0.1) is 23.3 Å². The molecule has 0 aliphatic carbocycles. The largest absolute Gasteiger partial charge is 0.453 e. The highest BCUT2D eigenvalue weighted by Crippen LogP contribution is 2.28. The van der Waals surface area contributed by atoms with Crippen LogP contribution in [0.15, 0.2) is 60.7 Å². The maximum Gasteiger partial charge on any atom is 0.338 e. The second-order valence-electron chi connectivity index (χ2n) is 6.75. The van der Waals surface area contributed by atoms with Gasteiger partial charge in [0.15, 0.2) is 12.2 Å². The fourth-order valence-corrected chi connectivity index (χ4v) is 3.29. The fraction of sp³-hybridized carbons (Fsp3) is 0.364. The number of carbonyl (C=O) groups excluding carboxylic acids is 2. The van der Waals surface area contributed by atoms with Gasteiger partial charge in [-0.2, -0.15) is 0 Å². The standard InChI is InChI=1S/C22H24O6/c1-3-17-20(28-22(25)16-12-8-5-9-13-16)18(23)19(14(2)26-17)27-21(24)15-10-6-4-7-11-15/h4-14,17-20,23H,3H2,1-2H3. The molecule has 1 aliphatic rings. The van der Waals surface area contributed by atoms with E-state index in [1.807, 2.05) is 6.92 Å². The minimum absolute atomic E-state index is 0.373. The molecule has 2 aromatic rings. The van der Waals surface area contributed by atoms with Crippen molar-refractivity contribution in [2.75, 3.05) is 0 Å². The summed E-state index contributed by atoms with van der Waals surface area (Å²) < 4.78 is 17.0. The summed E-state index contributed by atoms with van der Waals surface area (Å²) in [5.74, 6) is -1.13. The normalized spacial score (nSPS) is 27.0. The van der Waals surface area contributed by atoms with E-state index < -0.39 is 42.5 Å². The average molecular weight is 384 g/mol. The SMILES string of the molecule is CCC1OC(C)C(OC(=O)c2ccccc2)C(O)C1OC(=O)c1ccccc1. The van der Waals surface area contributed by atoms with Crippen LogP contribution >= 0.6 is 0 Å². The van der Waals surface area contributed by atoms with Gasteiger partial charge in [-0.15, -0.1) is 0 Å². The van der Waals surface area contributed by atoms with Crippen LogP contribution in [0.4, 0.5) is 0 Å². The Bertz CT molecular complexity index is 791. The first-order valence-corrected chi connectivity index (χ1v) is 9.36. The zero-order chi connectivity index (χ0) is 20.1. The van der Waals surface area contributed by atoms with Crippen molar-refractivity contribution in [3.63, 3.8) is 0 Å². The van der Waals surface area contributed by atoms with Crippen LogP contribution in [0.25, 0.3) is 0 Å². The highest BCUT2D eigenvalue weighted by molar-refractivity contribution is 5.90. The summed E-state index contributed by atoms with van der Waals surface area (Å²) in [6.07, 6.45) is -3.60. The first-order valence-electron chi connectivity index (χ1n) is 9.36. The molecular weight excluding hydrogens is 360 g/mol. The molecule has 5 unspecified atom stereocenters. The van der Waals surface area contributed by atoms with Crippen LogP contribution in [-0.2, 0) is 14.2 Å². The average Bonchev–Trinajstić information content (AvgIpc) is 2.73. The van der Waals surface area contributed by atoms with Crippen molar-refractivity contribution in [1.29, 1.82) is 0 Å². The predicted molar refractivity (Wildman–Crippen MR) is 102 cm³/mol. The third-order valence-electron chi connectivity index (χ3n) is 4.80. The van der Waals surface area contributed by atoms with Gasteiger partial charge in [-0.1, -0.05) is 43.3 Å². The number of aliphatic hydroxyl groups excluding tert-OH is 1. The second kappa shape index (κ2) is 8.99. The van der Waals surface area contributed by atoms with Crippen molar-refractivity contribution in [3.8, 4) is 0 Å². The van der Waals surface area contributed by atoms with Gasteiger partial charge in [0.25, 0.3) is 0 Å². The summed E-state index contributed by atoms with van der Waals surface area (Å²) in [7, 11) is 0. The summed E-state index contributed by atoms with van der Waals surface area (Å²) >= 11 is 0. The molecule has 0 aromatic heterocycles. The molecular formula is C22H24O6. The topological polar surface area (TPSA) is 82.1 Å². The third kappa shape index (κ3) is 4.40. The number of hydrogen-bond donors (Lipinski definition) is 1. The van der Waals surface area contributed by atoms with Crippen molar-refractivity contribution in [1.82, 2.24) is 0 Å². The quantitative estimate of drug-likeness (QED) is 0.798. The van der Waals surface area contributed by atoms with E-state index in [0.717, 1.165) is 0 Å². The molecule has 0 saturated carbocycles. The molecule has 28 heavy (non-hydrogen) atoms. The number of benzene rings is 2. The lowest BCUT2D eigenvalue weighted by molar-refractivity contribution is -0.217. The molecule has 0 bridgehead atoms. The Hall–Kier alpha value is -2.70. The van der Waals surface area contributed by atoms with Crippen LogP contribution in [0.1, 0.15) is 41.0 Å². The van der Waals surface area contributed by atoms with Crippen molar-refractivity contribution in [3.05, 3.63) is 71.8 Å². The number of aliphatic hydroxyl groups is 1. The van der Waals surface area contributed by atoms with Gasteiger partial charge in [-0.25, -0.2) is 9.59 Å². The molecule has 1 N–H and O–H groups in total. The predicted octanol–water partition coefficient (Wildman–Crippen LogP) is 3.00. The Morgan fingerprint density at radius 1 is 0.893 bits per heavy atom. The molecule has 3 rings (SSSR count). The van der Waals surface area contributed by atoms with Gasteiger partial charge in [0.2, 0.25) is 0 Å². The Kier molecular flexibility index (Phi) is 6.44. The van der Waals surface area contributed by atoms with Gasteiger partial charge in [0.1, 0.15) is 6.10 Å². The number of esters is 2. The molecule has 1 heterocycles. The van der Waals surface area contributed by atoms with Gasteiger partial charge in [-0.05, 0) is 37.6 Å². The number of rotatable bonds is 5. The first kappa shape index (κ1) is 20.0. The maximum atomic E-state index is 12.5. The molecule has 2 aromatic carbocycles. The van der Waals surface area contributed by atoms with Crippen LogP contribution in [0.3, 0.4) is 0 Å². The minimum Gasteiger partial charge on any atom is -0.453 e. The Balaban J connectivity index is 1.75. The Labute approximate surface area is 164 Å². The zero-order valence-corrected chi connectivity index (χ0v) is 15.9. The molecule has 6 heteroatoms. The van der Waals surface area contributed by atoms with Crippen molar-refractivity contribution >= 4 is 11.9 Å². The Morgan fingerprint density at radius 3 is 1.82 bits per heavy atom. The molecule has 6 nitrogen and oxygen atoms in total. The van der Waals surface area contributed by atoms with E-state index >= 15 is 0 Å². The summed E-state index contributed by atoms with van der Waals surface area (Å²) in [5.41, 5.74) is 0.748. The van der Waals surface area contributed by atoms with E-state index in [9.17, 15) is 14.7 Å². The summed E-state index contributed by atoms with van der Waals surface area (Å²) in [4.78, 5) is 24.9. The number of ether oxygens (including phenoxy) is 3. The second-order valence-corrected chi connectivity index (χ2v) is 6.75. The van der Waals surface area contributed by atoms with Crippen LogP contribution < -0.4 is 0 Å². The minimum atomic E-state index is -1.20. The van der Waals surface area contributed by atoms with Gasteiger partial charge >= 0.3 is 11.9 Å². The fourth-order valence-electron chi connectivity index (χ4n) is 3.29. The molecule has 0 amide bonds. The Morgan fingerprint density at radius 2 is 1.36 bits per heavy atom. The highest BCUT2D eigenvalue weighted by Gasteiger charge is 2.47. The lowest BCUT2D eigenvalue weighted by Gasteiger charge is -2.42. The number of hydrogen-bond acceptors (Lipinski definition) is 6. The monoisotopic (exact) mass is 384 g/mol. The van der Waals surface area contributed by atoms with Crippen LogP contribution in [-0.4, -0.2) is 47.6 Å². The molecule has 1 aliphatic heterocycles. The summed E-state index contributed by atoms with van der Waals surface area (Å²) in [6.45, 7) is 3.60. The lowest BCUT2D eigenvalue weighted by Crippen LogP contribution is -2.59. The van der Waals surface area contributed by atoms with Crippen molar-refractivity contribution < 1.29 is 28.9 Å². The van der Waals surface area contributed by atoms with E-state index in [4.69, 9.17) is 14.2 Å². The molecule has 5 atom stereocenters. The van der Waals surface area contributed by atoms with Crippen LogP contribution in [0.5, 0.6) is 0 Å². The third-order valence-corrected chi connectivity index (χ3v) is 4.80. The number of carbonyl (C=O) groups is 2. The van der Waals surface area contributed by atoms with Crippen LogP contribution in [0, 0.1) is 0 Å². The smallest absolute Gasteiger partial charge is 0.338 e. The molecule has 0 radical (unpaired) electrons. The summed E-state index contributed by atoms with van der Waals surface area (Å²) in [5, 5.41) is 10.9. The molecule has 148 valence electrons. The van der Waals surface area contributed by atoms with Crippen molar-refractivity contribution in [2.24, 2.45) is 0 Å². The molecule has 1 fully saturated rings. The highest BCUT2D eigenvalue weighted by atomic mass is 16.6. The van der Waals surface area contributed by atoms with Crippen molar-refractivity contribution in [2.45, 2.75) is 50.8 Å². The maximum absolute atomic E-state index is 12.5. The lowest BCUT2D eigenvalue weighted by atomic mass is 9.93. The van der Waals surface area contributed by atoms with Gasteiger partial charge < -0.3 is 19.3 Å². The van der Waals surface area contributed by atoms with E-state index in [1.165, 1.54) is 0 Å². The molecule has 1 saturated heterocycles. The van der Waals surface area contributed by atoms with E-state index in [-0.39, 0.29) is 0 Å². The van der Waals surface area contributed by atoms with Crippen LogP contribution in [0.2, 0.25) is 0 Å². The van der Waals surface area contributed by atoms with E-state index in [0.29, 0.717) is 17.5 Å². The zero-order valence-electron chi connectivity index (χ0n) is 15.9. The molecule has 0 spiro atoms. The summed E-state index contributed by atoms with van der Waals surface area (Å²) in [6, 6.07) is 17.0. The first-order chi connectivity index (χ1) is 13.5.